The molecule has 0 aliphatic rings. The lowest BCUT2D eigenvalue weighted by Crippen LogP contribution is -1.99. The average molecular weight is 282 g/mol. The molecule has 0 saturated carbocycles. The smallest absolute Gasteiger partial charge is 0.115 e. The highest BCUT2D eigenvalue weighted by atomic mass is 16.3. The van der Waals surface area contributed by atoms with Crippen molar-refractivity contribution in [3.63, 3.8) is 0 Å². The van der Waals surface area contributed by atoms with E-state index in [1.54, 1.807) is 12.1 Å². The van der Waals surface area contributed by atoms with E-state index in [1.165, 1.54) is 0 Å². The van der Waals surface area contributed by atoms with E-state index in [1.807, 2.05) is 30.4 Å². The fourth-order valence-corrected chi connectivity index (χ4v) is 1.96. The van der Waals surface area contributed by atoms with Crippen LogP contribution in [0.1, 0.15) is 32.3 Å². The molecule has 0 spiro atoms. The Morgan fingerprint density at radius 1 is 1.10 bits per heavy atom. The lowest BCUT2D eigenvalue weighted by Gasteiger charge is -2.13. The van der Waals surface area contributed by atoms with E-state index >= 15 is 0 Å². The maximum atomic E-state index is 9.28. The van der Waals surface area contributed by atoms with Crippen LogP contribution in [0.25, 0.3) is 5.57 Å². The highest BCUT2D eigenvalue weighted by molar-refractivity contribution is 5.72. The molecule has 0 amide bonds. The molecule has 1 aromatic carbocycles. The highest BCUT2D eigenvalue weighted by Gasteiger charge is 2.06. The average Bonchev–Trinajstić information content (AvgIpc) is 2.50. The van der Waals surface area contributed by atoms with Gasteiger partial charge in [0.15, 0.2) is 0 Å². The molecule has 1 N–H and O–H groups in total. The molecule has 0 radical (unpaired) electrons. The van der Waals surface area contributed by atoms with Crippen LogP contribution < -0.4 is 0 Å². The largest absolute Gasteiger partial charge is 0.508 e. The summed E-state index contributed by atoms with van der Waals surface area (Å²) in [6.45, 7) is 16.4. The molecule has 21 heavy (non-hydrogen) atoms. The van der Waals surface area contributed by atoms with Gasteiger partial charge in [-0.15, -0.1) is 6.58 Å². The molecule has 112 valence electrons. The van der Waals surface area contributed by atoms with Gasteiger partial charge in [-0.1, -0.05) is 62.9 Å². The number of rotatable bonds is 8. The Hall–Kier alpha value is -2.02. The van der Waals surface area contributed by atoms with E-state index in [9.17, 15) is 5.11 Å². The van der Waals surface area contributed by atoms with Gasteiger partial charge in [0.2, 0.25) is 0 Å². The first-order valence-electron chi connectivity index (χ1n) is 7.41. The van der Waals surface area contributed by atoms with E-state index in [0.717, 1.165) is 29.6 Å². The zero-order valence-corrected chi connectivity index (χ0v) is 13.2. The summed E-state index contributed by atoms with van der Waals surface area (Å²) in [5.41, 5.74) is 3.04. The third kappa shape index (κ3) is 5.86. The lowest BCUT2D eigenvalue weighted by atomic mass is 9.92. The van der Waals surface area contributed by atoms with Crippen LogP contribution in [0.15, 0.2) is 67.8 Å². The third-order valence-electron chi connectivity index (χ3n) is 3.83. The second kappa shape index (κ2) is 8.31. The Morgan fingerprint density at radius 3 is 2.29 bits per heavy atom. The summed E-state index contributed by atoms with van der Waals surface area (Å²) in [5, 5.41) is 9.28. The first-order chi connectivity index (χ1) is 9.93. The Morgan fingerprint density at radius 2 is 1.71 bits per heavy atom. The molecule has 0 heterocycles. The van der Waals surface area contributed by atoms with Gasteiger partial charge in [-0.3, -0.25) is 0 Å². The maximum Gasteiger partial charge on any atom is 0.115 e. The summed E-state index contributed by atoms with van der Waals surface area (Å²) >= 11 is 0. The summed E-state index contributed by atoms with van der Waals surface area (Å²) in [5.74, 6) is 1.28. The molecule has 1 rings (SSSR count). The summed E-state index contributed by atoms with van der Waals surface area (Å²) in [6, 6.07) is 7.06. The standard InChI is InChI=1S/C20H26O/c1-6-15(2)7-8-16(3)17(4)9-10-18(5)19-11-13-20(21)14-12-19/h6,9-16,21H,1,4-5,7-8H2,2-3H3/b10-9-. The van der Waals surface area contributed by atoms with Crippen LogP contribution in [-0.4, -0.2) is 5.11 Å². The van der Waals surface area contributed by atoms with Crippen LogP contribution in [0, 0.1) is 11.8 Å². The van der Waals surface area contributed by atoms with Gasteiger partial charge in [0, 0.05) is 0 Å². The van der Waals surface area contributed by atoms with Crippen molar-refractivity contribution in [2.24, 2.45) is 11.8 Å². The monoisotopic (exact) mass is 282 g/mol. The maximum absolute atomic E-state index is 9.28. The van der Waals surface area contributed by atoms with Crippen molar-refractivity contribution in [3.05, 3.63) is 73.4 Å². The van der Waals surface area contributed by atoms with Gasteiger partial charge in [0.25, 0.3) is 0 Å². The van der Waals surface area contributed by atoms with E-state index in [2.05, 4.69) is 33.6 Å². The molecule has 2 unspecified atom stereocenters. The molecule has 0 bridgehead atoms. The molecule has 0 fully saturated rings. The number of aromatic hydroxyl groups is 1. The van der Waals surface area contributed by atoms with Crippen LogP contribution in [-0.2, 0) is 0 Å². The number of phenols is 1. The summed E-state index contributed by atoms with van der Waals surface area (Å²) in [7, 11) is 0. The van der Waals surface area contributed by atoms with Crippen LogP contribution in [0.2, 0.25) is 0 Å². The molecular weight excluding hydrogens is 256 g/mol. The van der Waals surface area contributed by atoms with Crippen molar-refractivity contribution in [2.75, 3.05) is 0 Å². The van der Waals surface area contributed by atoms with Crippen molar-refractivity contribution in [1.29, 1.82) is 0 Å². The molecule has 1 aromatic rings. The molecule has 0 aliphatic carbocycles. The predicted molar refractivity (Wildman–Crippen MR) is 93.2 cm³/mol. The molecule has 2 atom stereocenters. The number of phenolic OH excluding ortho intramolecular Hbond substituents is 1. The number of hydrogen-bond acceptors (Lipinski definition) is 1. The minimum atomic E-state index is 0.268. The first-order valence-corrected chi connectivity index (χ1v) is 7.41. The molecule has 0 saturated heterocycles. The first kappa shape index (κ1) is 17.0. The normalized spacial score (nSPS) is 13.8. The van der Waals surface area contributed by atoms with E-state index in [4.69, 9.17) is 0 Å². The van der Waals surface area contributed by atoms with Gasteiger partial charge in [-0.25, -0.2) is 0 Å². The molecule has 1 nitrogen and oxygen atoms in total. The van der Waals surface area contributed by atoms with Crippen molar-refractivity contribution >= 4 is 5.57 Å². The van der Waals surface area contributed by atoms with Gasteiger partial charge in [-0.2, -0.15) is 0 Å². The van der Waals surface area contributed by atoms with Crippen LogP contribution in [0.5, 0.6) is 5.75 Å². The van der Waals surface area contributed by atoms with Crippen molar-refractivity contribution in [2.45, 2.75) is 26.7 Å². The Balaban J connectivity index is 2.54. The van der Waals surface area contributed by atoms with Gasteiger partial charge in [-0.05, 0) is 47.9 Å². The Labute approximate surface area is 129 Å². The van der Waals surface area contributed by atoms with Crippen LogP contribution in [0.4, 0.5) is 0 Å². The lowest BCUT2D eigenvalue weighted by molar-refractivity contribution is 0.475. The van der Waals surface area contributed by atoms with E-state index < -0.39 is 0 Å². The fourth-order valence-electron chi connectivity index (χ4n) is 1.96. The van der Waals surface area contributed by atoms with Crippen LogP contribution >= 0.6 is 0 Å². The minimum absolute atomic E-state index is 0.268. The van der Waals surface area contributed by atoms with Gasteiger partial charge in [0.1, 0.15) is 5.75 Å². The van der Waals surface area contributed by atoms with Gasteiger partial charge in [0.05, 0.1) is 0 Å². The summed E-state index contributed by atoms with van der Waals surface area (Å²) in [4.78, 5) is 0. The minimum Gasteiger partial charge on any atom is -0.508 e. The fraction of sp³-hybridized carbons (Fsp3) is 0.300. The summed E-state index contributed by atoms with van der Waals surface area (Å²) in [6.07, 6.45) is 8.27. The van der Waals surface area contributed by atoms with Crippen molar-refractivity contribution in [3.8, 4) is 5.75 Å². The molecule has 0 aromatic heterocycles. The molecule has 1 heteroatoms. The quantitative estimate of drug-likeness (QED) is 0.475. The summed E-state index contributed by atoms with van der Waals surface area (Å²) < 4.78 is 0. The SMILES string of the molecule is C=CC(C)CCC(C)C(=C)/C=C\C(=C)c1ccc(O)cc1. The third-order valence-corrected chi connectivity index (χ3v) is 3.83. The predicted octanol–water partition coefficient (Wildman–Crippen LogP) is 5.76. The van der Waals surface area contributed by atoms with E-state index in [0.29, 0.717) is 11.8 Å². The second-order valence-electron chi connectivity index (χ2n) is 5.67. The van der Waals surface area contributed by atoms with Crippen molar-refractivity contribution < 1.29 is 5.11 Å². The zero-order valence-electron chi connectivity index (χ0n) is 13.2. The van der Waals surface area contributed by atoms with E-state index in [-0.39, 0.29) is 5.75 Å². The topological polar surface area (TPSA) is 20.2 Å². The molecular formula is C20H26O. The highest BCUT2D eigenvalue weighted by Crippen LogP contribution is 2.22. The van der Waals surface area contributed by atoms with Crippen LogP contribution in [0.3, 0.4) is 0 Å². The number of allylic oxidation sites excluding steroid dienone is 5. The Kier molecular flexibility index (Phi) is 6.74. The number of hydrogen-bond donors (Lipinski definition) is 1. The second-order valence-corrected chi connectivity index (χ2v) is 5.67. The Bertz CT molecular complexity index is 519. The van der Waals surface area contributed by atoms with Crippen molar-refractivity contribution in [1.82, 2.24) is 0 Å². The van der Waals surface area contributed by atoms with Gasteiger partial charge >= 0.3 is 0 Å². The molecule has 0 aliphatic heterocycles. The van der Waals surface area contributed by atoms with Gasteiger partial charge < -0.3 is 5.11 Å². The number of benzene rings is 1. The zero-order chi connectivity index (χ0) is 15.8.